The van der Waals surface area contributed by atoms with Crippen LogP contribution in [0.4, 0.5) is 0 Å². The van der Waals surface area contributed by atoms with Crippen molar-refractivity contribution in [1.29, 1.82) is 0 Å². The molecular formula is C16H52N4O4Ti. The molecular weight excluding hydrogens is 360 g/mol. The molecule has 9 heteroatoms. The largest absolute Gasteiger partial charge is 0.870 e. The van der Waals surface area contributed by atoms with Crippen LogP contribution in [0.3, 0.4) is 0 Å². The number of quaternary nitrogens is 4. The van der Waals surface area contributed by atoms with Crippen molar-refractivity contribution in [3.8, 4) is 0 Å². The zero-order valence-corrected chi connectivity index (χ0v) is 21.6. The summed E-state index contributed by atoms with van der Waals surface area (Å²) >= 11 is 0. The second-order valence-electron chi connectivity index (χ2n) is 10.7. The van der Waals surface area contributed by atoms with Gasteiger partial charge in [0.15, 0.2) is 0 Å². The Kier molecular flexibility index (Phi) is 50.5. The molecule has 0 unspecified atom stereocenters. The van der Waals surface area contributed by atoms with E-state index in [9.17, 15) is 0 Å². The average molecular weight is 412 g/mol. The van der Waals surface area contributed by atoms with Crippen molar-refractivity contribution in [2.45, 2.75) is 0 Å². The van der Waals surface area contributed by atoms with Gasteiger partial charge in [-0.25, -0.2) is 0 Å². The number of hydrogen-bond donors (Lipinski definition) is 0. The molecule has 164 valence electrons. The van der Waals surface area contributed by atoms with Gasteiger partial charge in [-0.3, -0.25) is 0 Å². The summed E-state index contributed by atoms with van der Waals surface area (Å²) in [5.74, 6) is 0. The minimum Gasteiger partial charge on any atom is -0.870 e. The van der Waals surface area contributed by atoms with Gasteiger partial charge in [0.2, 0.25) is 0 Å². The fourth-order valence-electron chi connectivity index (χ4n) is 0. The van der Waals surface area contributed by atoms with Gasteiger partial charge in [-0.15, -0.1) is 0 Å². The van der Waals surface area contributed by atoms with E-state index in [0.29, 0.717) is 0 Å². The average Bonchev–Trinajstić information content (AvgIpc) is 1.62. The summed E-state index contributed by atoms with van der Waals surface area (Å²) < 4.78 is 4.00. The molecule has 0 aliphatic rings. The van der Waals surface area contributed by atoms with Gasteiger partial charge in [0, 0.05) is 21.7 Å². The Bertz CT molecular complexity index is 146. The van der Waals surface area contributed by atoms with Crippen LogP contribution in [0, 0.1) is 0 Å². The quantitative estimate of drug-likeness (QED) is 0.427. The summed E-state index contributed by atoms with van der Waals surface area (Å²) in [6.07, 6.45) is 0. The second-order valence-corrected chi connectivity index (χ2v) is 10.7. The third kappa shape index (κ3) is 78700. The number of rotatable bonds is 0. The molecule has 0 fully saturated rings. The van der Waals surface area contributed by atoms with Crippen molar-refractivity contribution in [2.24, 2.45) is 0 Å². The minimum absolute atomic E-state index is 0. The molecule has 0 saturated carbocycles. The van der Waals surface area contributed by atoms with Crippen molar-refractivity contribution in [2.75, 3.05) is 113 Å². The molecule has 0 atom stereocenters. The summed E-state index contributed by atoms with van der Waals surface area (Å²) in [4.78, 5) is 0. The van der Waals surface area contributed by atoms with E-state index in [1.807, 2.05) is 0 Å². The molecule has 0 rings (SSSR count). The van der Waals surface area contributed by atoms with Crippen LogP contribution in [0.1, 0.15) is 0 Å². The summed E-state index contributed by atoms with van der Waals surface area (Å²) in [6, 6.07) is 0. The minimum atomic E-state index is 0. The van der Waals surface area contributed by atoms with E-state index in [1.54, 1.807) is 0 Å². The Balaban J connectivity index is -0.0000000183. The zero-order valence-electron chi connectivity index (χ0n) is 20.1. The van der Waals surface area contributed by atoms with E-state index in [1.165, 1.54) is 0 Å². The van der Waals surface area contributed by atoms with Crippen molar-refractivity contribution < 1.29 is 61.6 Å². The summed E-state index contributed by atoms with van der Waals surface area (Å²) in [7, 11) is 34.0. The van der Waals surface area contributed by atoms with Crippen molar-refractivity contribution in [1.82, 2.24) is 0 Å². The zero-order chi connectivity index (χ0) is 18.0. The normalized spacial score (nSPS) is 9.60. The molecule has 0 radical (unpaired) electrons. The van der Waals surface area contributed by atoms with Crippen LogP contribution < -0.4 is 0 Å². The molecule has 0 aromatic heterocycles. The second kappa shape index (κ2) is 22.4. The monoisotopic (exact) mass is 412 g/mol. The first-order valence-electron chi connectivity index (χ1n) is 7.16. The molecule has 0 aromatic rings. The summed E-state index contributed by atoms with van der Waals surface area (Å²) in [5, 5.41) is 0. The fourth-order valence-corrected chi connectivity index (χ4v) is 0. The van der Waals surface area contributed by atoms with Gasteiger partial charge in [0.1, 0.15) is 0 Å². The van der Waals surface area contributed by atoms with Crippen LogP contribution >= 0.6 is 0 Å². The number of hydrogen-bond acceptors (Lipinski definition) is 4. The Morgan fingerprint density at radius 1 is 0.240 bits per heavy atom. The van der Waals surface area contributed by atoms with Crippen LogP contribution in [-0.2, 0) is 21.7 Å². The van der Waals surface area contributed by atoms with Gasteiger partial charge in [-0.1, -0.05) is 0 Å². The predicted octanol–water partition coefficient (Wildman–Crippen LogP) is 0.580. The number of nitrogens with zero attached hydrogens (tertiary/aromatic N) is 4. The van der Waals surface area contributed by atoms with E-state index in [0.717, 1.165) is 17.9 Å². The molecule has 4 N–H and O–H groups in total. The molecule has 0 bridgehead atoms. The SMILES string of the molecule is C[N+](C)(C)C.C[N+](C)(C)C.C[N+](C)(C)C.C[N+](C)(C)C.[OH-].[OH-].[OH-].[OH-].[Ti]. The Hall–Kier alpha value is 0.394. The van der Waals surface area contributed by atoms with Crippen molar-refractivity contribution >= 4 is 0 Å². The van der Waals surface area contributed by atoms with Gasteiger partial charge >= 0.3 is 0 Å². The third-order valence-electron chi connectivity index (χ3n) is 0. The maximum atomic E-state index is 2.12. The molecule has 0 amide bonds. The van der Waals surface area contributed by atoms with Crippen molar-refractivity contribution in [3.63, 3.8) is 0 Å². The first-order chi connectivity index (χ1) is 8.00. The van der Waals surface area contributed by atoms with Crippen molar-refractivity contribution in [3.05, 3.63) is 0 Å². The van der Waals surface area contributed by atoms with Gasteiger partial charge < -0.3 is 39.8 Å². The maximum absolute atomic E-state index is 2.12. The standard InChI is InChI=1S/4C4H12N.4H2O.Ti/c4*1-5(2,3)4;;;;;/h4*1-4H3;4*1H2;/q4*+1;;;;;/p-4. The van der Waals surface area contributed by atoms with E-state index < -0.39 is 0 Å². The van der Waals surface area contributed by atoms with Crippen LogP contribution in [0.2, 0.25) is 0 Å². The van der Waals surface area contributed by atoms with Crippen LogP contribution in [0.25, 0.3) is 0 Å². The molecule has 0 aliphatic heterocycles. The summed E-state index contributed by atoms with van der Waals surface area (Å²) in [6.45, 7) is 0. The third-order valence-corrected chi connectivity index (χ3v) is 0. The molecule has 0 heterocycles. The Morgan fingerprint density at radius 3 is 0.240 bits per heavy atom. The van der Waals surface area contributed by atoms with Crippen LogP contribution in [0.15, 0.2) is 0 Å². The van der Waals surface area contributed by atoms with Gasteiger partial charge in [0.05, 0.1) is 113 Å². The smallest absolute Gasteiger partial charge is 0.0675 e. The van der Waals surface area contributed by atoms with E-state index in [-0.39, 0.29) is 43.6 Å². The Morgan fingerprint density at radius 2 is 0.240 bits per heavy atom. The van der Waals surface area contributed by atoms with Crippen LogP contribution in [0.5, 0.6) is 0 Å². The molecule has 0 aliphatic carbocycles. The van der Waals surface area contributed by atoms with E-state index in [4.69, 9.17) is 0 Å². The molecule has 0 aromatic carbocycles. The first-order valence-corrected chi connectivity index (χ1v) is 7.16. The predicted molar refractivity (Wildman–Crippen MR) is 104 cm³/mol. The fraction of sp³-hybridized carbons (Fsp3) is 1.00. The van der Waals surface area contributed by atoms with Crippen LogP contribution in [-0.4, -0.2) is 153 Å². The molecule has 0 saturated heterocycles. The first kappa shape index (κ1) is 56.2. The molecule has 8 nitrogen and oxygen atoms in total. The Labute approximate surface area is 174 Å². The summed E-state index contributed by atoms with van der Waals surface area (Å²) in [5.41, 5.74) is 0. The maximum Gasteiger partial charge on any atom is 0.0675 e. The van der Waals surface area contributed by atoms with E-state index in [2.05, 4.69) is 113 Å². The molecule has 25 heavy (non-hydrogen) atoms. The van der Waals surface area contributed by atoms with Gasteiger partial charge in [-0.2, -0.15) is 0 Å². The van der Waals surface area contributed by atoms with Gasteiger partial charge in [0.25, 0.3) is 0 Å². The topological polar surface area (TPSA) is 120 Å². The van der Waals surface area contributed by atoms with Gasteiger partial charge in [-0.05, 0) is 0 Å². The molecule has 0 spiro atoms. The van der Waals surface area contributed by atoms with E-state index >= 15 is 0 Å².